The molecule has 0 spiro atoms. The molecule has 1 saturated heterocycles. The number of fused-ring (bicyclic) bond motifs is 3. The largest absolute Gasteiger partial charge is 0.393 e. The van der Waals surface area contributed by atoms with Crippen molar-refractivity contribution in [3.8, 4) is 11.1 Å². The Morgan fingerprint density at radius 3 is 2.42 bits per heavy atom. The van der Waals surface area contributed by atoms with Crippen LogP contribution in [-0.4, -0.2) is 98.4 Å². The molecule has 2 aromatic heterocycles. The lowest BCUT2D eigenvalue weighted by Gasteiger charge is -2.44. The minimum Gasteiger partial charge on any atom is -0.393 e. The van der Waals surface area contributed by atoms with Gasteiger partial charge in [-0.25, -0.2) is 4.98 Å². The molecule has 2 saturated carbocycles. The van der Waals surface area contributed by atoms with Crippen molar-refractivity contribution in [3.63, 3.8) is 0 Å². The van der Waals surface area contributed by atoms with Crippen LogP contribution in [0.25, 0.3) is 11.1 Å². The number of rotatable bonds is 12. The first-order valence-electron chi connectivity index (χ1n) is 18.7. The third-order valence-electron chi connectivity index (χ3n) is 11.1. The zero-order chi connectivity index (χ0) is 37.6. The standard InChI is InChI=1S/C38H49B2N11O2/c1-5-30-35-26(25-8-6-9-27(34(25)49(30)4)46-29(20-32(41)43-2)33(42)36(52)45-22-12-13-22)21-44-51(35)24-16-18-50(19-17-24)38(39,40)31-11-7-10-28(47-31)37(53)48(3)23-14-15-23/h6-11,20-24,30,43,46H,5,12-19,41-42H2,1-4H3,(H,45,52)/b32-20+,33-29+. The van der Waals surface area contributed by atoms with Gasteiger partial charge in [0.1, 0.15) is 11.4 Å². The summed E-state index contributed by atoms with van der Waals surface area (Å²) < 4.78 is 2.20. The number of aromatic nitrogens is 3. The maximum absolute atomic E-state index is 13.0. The average molecular weight is 714 g/mol. The molecule has 3 fully saturated rings. The predicted molar refractivity (Wildman–Crippen MR) is 209 cm³/mol. The van der Waals surface area contributed by atoms with Gasteiger partial charge in [0.15, 0.2) is 0 Å². The van der Waals surface area contributed by atoms with Gasteiger partial charge in [-0.15, -0.1) is 0 Å². The van der Waals surface area contributed by atoms with E-state index in [4.69, 9.17) is 32.3 Å². The molecule has 15 heteroatoms. The van der Waals surface area contributed by atoms with E-state index in [0.29, 0.717) is 36.0 Å². The van der Waals surface area contributed by atoms with E-state index in [2.05, 4.69) is 50.6 Å². The summed E-state index contributed by atoms with van der Waals surface area (Å²) in [6.07, 6.45) is 9.99. The van der Waals surface area contributed by atoms with E-state index in [-0.39, 0.29) is 41.7 Å². The molecule has 1 aromatic carbocycles. The Morgan fingerprint density at radius 2 is 1.75 bits per heavy atom. The summed E-state index contributed by atoms with van der Waals surface area (Å²) in [4.78, 5) is 36.8. The zero-order valence-corrected chi connectivity index (χ0v) is 31.1. The minimum absolute atomic E-state index is 0.0307. The van der Waals surface area contributed by atoms with Gasteiger partial charge in [-0.1, -0.05) is 25.1 Å². The van der Waals surface area contributed by atoms with Crippen LogP contribution in [0.2, 0.25) is 0 Å². The highest BCUT2D eigenvalue weighted by Crippen LogP contribution is 2.50. The van der Waals surface area contributed by atoms with E-state index < -0.39 is 5.34 Å². The molecule has 274 valence electrons. The smallest absolute Gasteiger partial charge is 0.272 e. The fourth-order valence-corrected chi connectivity index (χ4v) is 7.65. The number of nitrogens with zero attached hydrogens (tertiary/aromatic N) is 6. The van der Waals surface area contributed by atoms with Crippen molar-refractivity contribution in [2.45, 2.75) is 81.4 Å². The number of para-hydroxylation sites is 1. The number of amides is 2. The van der Waals surface area contributed by atoms with Gasteiger partial charge < -0.3 is 42.1 Å². The first kappa shape index (κ1) is 36.4. The van der Waals surface area contributed by atoms with Crippen LogP contribution in [0.5, 0.6) is 0 Å². The Hall–Kier alpha value is -4.91. The maximum atomic E-state index is 13.0. The van der Waals surface area contributed by atoms with Gasteiger partial charge in [-0.05, 0) is 81.6 Å². The lowest BCUT2D eigenvalue weighted by molar-refractivity contribution is -0.117. The predicted octanol–water partition coefficient (Wildman–Crippen LogP) is 2.75. The van der Waals surface area contributed by atoms with Gasteiger partial charge in [0, 0.05) is 56.1 Å². The second kappa shape index (κ2) is 14.5. The van der Waals surface area contributed by atoms with Crippen LogP contribution in [-0.2, 0) is 10.1 Å². The van der Waals surface area contributed by atoms with E-state index in [9.17, 15) is 9.59 Å². The summed E-state index contributed by atoms with van der Waals surface area (Å²) in [7, 11) is 19.2. The summed E-state index contributed by atoms with van der Waals surface area (Å²) >= 11 is 0. The molecule has 1 unspecified atom stereocenters. The number of hydrogen-bond donors (Lipinski definition) is 5. The molecular weight excluding hydrogens is 664 g/mol. The highest BCUT2D eigenvalue weighted by atomic mass is 16.2. The molecule has 53 heavy (non-hydrogen) atoms. The third kappa shape index (κ3) is 7.10. The average Bonchev–Trinajstić information content (AvgIpc) is 4.12. The van der Waals surface area contributed by atoms with Gasteiger partial charge in [0.25, 0.3) is 11.8 Å². The number of anilines is 2. The first-order valence-corrected chi connectivity index (χ1v) is 18.7. The number of carbonyl (C=O) groups excluding carboxylic acids is 2. The number of nitrogens with two attached hydrogens (primary N) is 2. The highest BCUT2D eigenvalue weighted by Gasteiger charge is 2.38. The Bertz CT molecular complexity index is 1940. The second-order valence-electron chi connectivity index (χ2n) is 14.8. The van der Waals surface area contributed by atoms with E-state index >= 15 is 0 Å². The van der Waals surface area contributed by atoms with E-state index in [1.165, 1.54) is 0 Å². The number of pyridine rings is 1. The summed E-state index contributed by atoms with van der Waals surface area (Å²) in [6.45, 7) is 3.46. The number of carbonyl (C=O) groups is 2. The fraction of sp³-hybridized carbons (Fsp3) is 0.474. The summed E-state index contributed by atoms with van der Waals surface area (Å²) in [5.41, 5.74) is 19.0. The molecule has 7 N–H and O–H groups in total. The first-order chi connectivity index (χ1) is 25.4. The zero-order valence-electron chi connectivity index (χ0n) is 31.1. The number of piperidine rings is 1. The maximum Gasteiger partial charge on any atom is 0.272 e. The molecule has 13 nitrogen and oxygen atoms in total. The highest BCUT2D eigenvalue weighted by molar-refractivity contribution is 6.39. The topological polar surface area (TPSA) is 163 Å². The van der Waals surface area contributed by atoms with Crippen molar-refractivity contribution in [3.05, 3.63) is 83.0 Å². The molecule has 2 aliphatic heterocycles. The van der Waals surface area contributed by atoms with Gasteiger partial charge in [0.2, 0.25) is 0 Å². The van der Waals surface area contributed by atoms with Crippen LogP contribution in [0.3, 0.4) is 0 Å². The molecule has 4 heterocycles. The summed E-state index contributed by atoms with van der Waals surface area (Å²) in [6, 6.07) is 12.0. The van der Waals surface area contributed by atoms with Crippen LogP contribution in [0.1, 0.15) is 85.8 Å². The van der Waals surface area contributed by atoms with Crippen molar-refractivity contribution in [1.82, 2.24) is 35.2 Å². The molecule has 1 atom stereocenters. The molecule has 2 aliphatic carbocycles. The SMILES string of the molecule is [B]C([B])(c1cccc(C(=O)N(C)C2CC2)n1)N1CCC(n2ncc3c2C(CC)N(C)c2c(NC(/C=C(\N)NC)=C(/N)C(=O)NC4CC4)cccc2-3)CC1. The second-order valence-corrected chi connectivity index (χ2v) is 14.8. The van der Waals surface area contributed by atoms with Crippen LogP contribution in [0.4, 0.5) is 11.4 Å². The normalized spacial score (nSPS) is 19.9. The number of likely N-dealkylation sites (tertiary alicyclic amines) is 1. The molecule has 7 rings (SSSR count). The van der Waals surface area contributed by atoms with E-state index in [1.807, 2.05) is 30.3 Å². The van der Waals surface area contributed by atoms with Crippen molar-refractivity contribution >= 4 is 38.9 Å². The van der Waals surface area contributed by atoms with Crippen molar-refractivity contribution in [2.24, 2.45) is 11.5 Å². The molecule has 4 aliphatic rings. The van der Waals surface area contributed by atoms with Crippen molar-refractivity contribution < 1.29 is 9.59 Å². The van der Waals surface area contributed by atoms with Gasteiger partial charge >= 0.3 is 0 Å². The quantitative estimate of drug-likeness (QED) is 0.107. The van der Waals surface area contributed by atoms with Crippen LogP contribution >= 0.6 is 0 Å². The number of nitrogens with one attached hydrogen (secondary N) is 3. The van der Waals surface area contributed by atoms with Crippen LogP contribution < -0.4 is 32.3 Å². The Balaban J connectivity index is 1.13. The van der Waals surface area contributed by atoms with Crippen LogP contribution in [0.15, 0.2) is 65.9 Å². The van der Waals surface area contributed by atoms with Crippen molar-refractivity contribution in [2.75, 3.05) is 44.4 Å². The summed E-state index contributed by atoms with van der Waals surface area (Å²) in [5.74, 6) is -0.0701. The lowest BCUT2D eigenvalue weighted by Crippen LogP contribution is -2.51. The number of benzene rings is 1. The molecular formula is C38H49B2N11O2. The fourth-order valence-electron chi connectivity index (χ4n) is 7.65. The molecule has 3 aromatic rings. The number of hydrogen-bond acceptors (Lipinski definition) is 10. The molecule has 2 amide bonds. The summed E-state index contributed by atoms with van der Waals surface area (Å²) in [5, 5.41) is 13.0. The lowest BCUT2D eigenvalue weighted by atomic mass is 9.58. The minimum atomic E-state index is -1.33. The third-order valence-corrected chi connectivity index (χ3v) is 11.1. The van der Waals surface area contributed by atoms with Crippen molar-refractivity contribution in [1.29, 1.82) is 0 Å². The van der Waals surface area contributed by atoms with Gasteiger partial charge in [0.05, 0.1) is 62.6 Å². The Kier molecular flexibility index (Phi) is 9.96. The molecule has 4 radical (unpaired) electrons. The van der Waals surface area contributed by atoms with Crippen LogP contribution in [0, 0.1) is 0 Å². The van der Waals surface area contributed by atoms with E-state index in [1.54, 1.807) is 36.2 Å². The Labute approximate surface area is 314 Å². The molecule has 0 bridgehead atoms. The number of allylic oxidation sites excluding steroid dienone is 1. The monoisotopic (exact) mass is 713 g/mol. The Morgan fingerprint density at radius 1 is 1.04 bits per heavy atom. The van der Waals surface area contributed by atoms with E-state index in [0.717, 1.165) is 73.1 Å². The van der Waals surface area contributed by atoms with Gasteiger partial charge in [-0.3, -0.25) is 14.3 Å². The van der Waals surface area contributed by atoms with Gasteiger partial charge in [-0.2, -0.15) is 5.10 Å².